The van der Waals surface area contributed by atoms with E-state index in [-0.39, 0.29) is 32.5 Å². The summed E-state index contributed by atoms with van der Waals surface area (Å²) in [6, 6.07) is 18.9. The Hall–Kier alpha value is -4.24. The number of aryl methyl sites for hydroxylation is 2. The fourth-order valence-electron chi connectivity index (χ4n) is 3.84. The van der Waals surface area contributed by atoms with E-state index in [2.05, 4.69) is 15.1 Å². The van der Waals surface area contributed by atoms with Crippen molar-refractivity contribution in [2.45, 2.75) is 23.6 Å². The zero-order valence-electron chi connectivity index (χ0n) is 18.5. The number of phenols is 1. The number of rotatable bonds is 4. The van der Waals surface area contributed by atoms with Crippen LogP contribution >= 0.6 is 0 Å². The Morgan fingerprint density at radius 2 is 1.71 bits per heavy atom. The van der Waals surface area contributed by atoms with Gasteiger partial charge in [0.05, 0.1) is 22.1 Å². The van der Waals surface area contributed by atoms with E-state index in [4.69, 9.17) is 5.73 Å². The number of fused-ring (bicyclic) bond motifs is 2. The summed E-state index contributed by atoms with van der Waals surface area (Å²) in [5, 5.41) is 14.2. The molecular formula is C25H21N5O3S. The Labute approximate surface area is 195 Å². The van der Waals surface area contributed by atoms with Crippen LogP contribution in [-0.4, -0.2) is 34.4 Å². The molecule has 0 aliphatic heterocycles. The first-order chi connectivity index (χ1) is 16.3. The van der Waals surface area contributed by atoms with Gasteiger partial charge in [-0.25, -0.2) is 18.4 Å². The number of benzene rings is 3. The average Bonchev–Trinajstić information content (AvgIpc) is 3.08. The SMILES string of the molecule is Cc1ccc(C)c(S(=O)(=O)c2c(N)n(/N=C\c3cccc(O)c3)c3nc4ccccc4nc23)c1. The topological polar surface area (TPSA) is 123 Å². The van der Waals surface area contributed by atoms with E-state index in [1.807, 2.05) is 25.1 Å². The molecule has 0 atom stereocenters. The highest BCUT2D eigenvalue weighted by atomic mass is 32.2. The molecule has 170 valence electrons. The van der Waals surface area contributed by atoms with Gasteiger partial charge < -0.3 is 10.8 Å². The average molecular weight is 472 g/mol. The maximum absolute atomic E-state index is 13.9. The third-order valence-electron chi connectivity index (χ3n) is 5.52. The maximum atomic E-state index is 13.9. The summed E-state index contributed by atoms with van der Waals surface area (Å²) >= 11 is 0. The first kappa shape index (κ1) is 21.6. The van der Waals surface area contributed by atoms with Gasteiger partial charge in [-0.3, -0.25) is 0 Å². The number of para-hydroxylation sites is 2. The number of hydrogen-bond acceptors (Lipinski definition) is 7. The fraction of sp³-hybridized carbons (Fsp3) is 0.0800. The second-order valence-corrected chi connectivity index (χ2v) is 9.88. The molecule has 34 heavy (non-hydrogen) atoms. The van der Waals surface area contributed by atoms with Crippen molar-refractivity contribution < 1.29 is 13.5 Å². The van der Waals surface area contributed by atoms with Gasteiger partial charge in [0.1, 0.15) is 22.0 Å². The summed E-state index contributed by atoms with van der Waals surface area (Å²) in [7, 11) is -4.05. The molecule has 0 spiro atoms. The van der Waals surface area contributed by atoms with Crippen molar-refractivity contribution in [3.8, 4) is 5.75 Å². The van der Waals surface area contributed by atoms with Gasteiger partial charge in [-0.15, -0.1) is 0 Å². The molecule has 0 radical (unpaired) electrons. The Balaban J connectivity index is 1.82. The molecule has 0 fully saturated rings. The van der Waals surface area contributed by atoms with E-state index in [0.717, 1.165) is 5.56 Å². The summed E-state index contributed by atoms with van der Waals surface area (Å²) in [6.45, 7) is 3.57. The summed E-state index contributed by atoms with van der Waals surface area (Å²) in [5.41, 5.74) is 9.93. The van der Waals surface area contributed by atoms with Gasteiger partial charge in [0, 0.05) is 0 Å². The van der Waals surface area contributed by atoms with Gasteiger partial charge in [-0.2, -0.15) is 9.78 Å². The van der Waals surface area contributed by atoms with E-state index >= 15 is 0 Å². The Morgan fingerprint density at radius 3 is 2.44 bits per heavy atom. The first-order valence-corrected chi connectivity index (χ1v) is 12.0. The van der Waals surface area contributed by atoms with Crippen LogP contribution < -0.4 is 5.73 Å². The molecule has 5 rings (SSSR count). The van der Waals surface area contributed by atoms with Gasteiger partial charge >= 0.3 is 0 Å². The molecule has 0 amide bonds. The van der Waals surface area contributed by atoms with Crippen LogP contribution in [0.25, 0.3) is 22.2 Å². The number of hydrogen-bond donors (Lipinski definition) is 2. The van der Waals surface area contributed by atoms with Crippen LogP contribution in [-0.2, 0) is 9.84 Å². The van der Waals surface area contributed by atoms with E-state index < -0.39 is 9.84 Å². The molecule has 0 aliphatic carbocycles. The van der Waals surface area contributed by atoms with E-state index in [1.54, 1.807) is 49.4 Å². The normalized spacial score (nSPS) is 12.2. The van der Waals surface area contributed by atoms with Crippen molar-refractivity contribution in [1.82, 2.24) is 14.6 Å². The lowest BCUT2D eigenvalue weighted by atomic mass is 10.2. The molecule has 2 aromatic heterocycles. The molecular weight excluding hydrogens is 450 g/mol. The van der Waals surface area contributed by atoms with Crippen LogP contribution in [0, 0.1) is 13.8 Å². The predicted octanol–water partition coefficient (Wildman–Crippen LogP) is 4.20. The molecule has 9 heteroatoms. The van der Waals surface area contributed by atoms with Crippen molar-refractivity contribution in [1.29, 1.82) is 0 Å². The van der Waals surface area contributed by atoms with Crippen LogP contribution in [0.1, 0.15) is 16.7 Å². The van der Waals surface area contributed by atoms with Gasteiger partial charge in [0.15, 0.2) is 5.65 Å². The number of nitrogen functional groups attached to an aromatic ring is 1. The number of aromatic nitrogens is 3. The van der Waals surface area contributed by atoms with Crippen LogP contribution in [0.3, 0.4) is 0 Å². The highest BCUT2D eigenvalue weighted by Gasteiger charge is 2.31. The zero-order chi connectivity index (χ0) is 24.0. The number of anilines is 1. The molecule has 0 bridgehead atoms. The van der Waals surface area contributed by atoms with Crippen molar-refractivity contribution in [3.63, 3.8) is 0 Å². The van der Waals surface area contributed by atoms with Crippen molar-refractivity contribution in [2.24, 2.45) is 5.10 Å². The Morgan fingerprint density at radius 1 is 0.971 bits per heavy atom. The van der Waals surface area contributed by atoms with Crippen molar-refractivity contribution >= 4 is 44.1 Å². The highest BCUT2D eigenvalue weighted by Crippen LogP contribution is 2.36. The van der Waals surface area contributed by atoms with Crippen LogP contribution in [0.15, 0.2) is 81.6 Å². The zero-order valence-corrected chi connectivity index (χ0v) is 19.3. The third kappa shape index (κ3) is 3.56. The molecule has 3 N–H and O–H groups in total. The third-order valence-corrected chi connectivity index (χ3v) is 7.48. The summed E-state index contributed by atoms with van der Waals surface area (Å²) < 4.78 is 29.0. The summed E-state index contributed by atoms with van der Waals surface area (Å²) in [6.07, 6.45) is 1.47. The summed E-state index contributed by atoms with van der Waals surface area (Å²) in [4.78, 5) is 9.27. The smallest absolute Gasteiger partial charge is 0.212 e. The van der Waals surface area contributed by atoms with Gasteiger partial charge in [-0.05, 0) is 60.9 Å². The lowest BCUT2D eigenvalue weighted by Crippen LogP contribution is -2.08. The fourth-order valence-corrected chi connectivity index (χ4v) is 5.65. The number of sulfone groups is 1. The minimum absolute atomic E-state index is 0.0817. The van der Waals surface area contributed by atoms with Crippen molar-refractivity contribution in [3.05, 3.63) is 83.4 Å². The minimum Gasteiger partial charge on any atom is -0.508 e. The minimum atomic E-state index is -4.05. The van der Waals surface area contributed by atoms with Crippen LogP contribution in [0.4, 0.5) is 5.82 Å². The molecule has 0 saturated heterocycles. The quantitative estimate of drug-likeness (QED) is 0.379. The lowest BCUT2D eigenvalue weighted by molar-refractivity contribution is 0.475. The molecule has 8 nitrogen and oxygen atoms in total. The van der Waals surface area contributed by atoms with Gasteiger partial charge in [-0.1, -0.05) is 36.4 Å². The van der Waals surface area contributed by atoms with E-state index in [1.165, 1.54) is 17.0 Å². The van der Waals surface area contributed by atoms with Gasteiger partial charge in [0.25, 0.3) is 0 Å². The largest absolute Gasteiger partial charge is 0.508 e. The molecule has 0 aliphatic rings. The molecule has 2 heterocycles. The Bertz CT molecular complexity index is 1720. The number of nitrogens with zero attached hydrogens (tertiary/aromatic N) is 4. The molecule has 0 saturated carbocycles. The summed E-state index contributed by atoms with van der Waals surface area (Å²) in [5.74, 6) is -0.0131. The van der Waals surface area contributed by atoms with E-state index in [0.29, 0.717) is 22.2 Å². The number of nitrogens with two attached hydrogens (primary N) is 1. The first-order valence-electron chi connectivity index (χ1n) is 10.5. The molecule has 0 unspecified atom stereocenters. The maximum Gasteiger partial charge on any atom is 0.212 e. The number of aromatic hydroxyl groups is 1. The van der Waals surface area contributed by atoms with Crippen LogP contribution in [0.2, 0.25) is 0 Å². The predicted molar refractivity (Wildman–Crippen MR) is 132 cm³/mol. The second-order valence-electron chi connectivity index (χ2n) is 8.02. The standard InChI is InChI=1S/C25H21N5O3S/c1-15-10-11-16(2)21(12-15)34(32,33)23-22-25(29-20-9-4-3-8-19(20)28-22)30(24(23)26)27-14-17-6-5-7-18(31)13-17/h3-14,31H,26H2,1-2H3/b27-14-. The second kappa shape index (κ2) is 7.96. The van der Waals surface area contributed by atoms with Gasteiger partial charge in [0.2, 0.25) is 9.84 Å². The van der Waals surface area contributed by atoms with Crippen molar-refractivity contribution in [2.75, 3.05) is 5.73 Å². The molecule has 3 aromatic carbocycles. The number of phenolic OH excluding ortho intramolecular Hbond substituents is 1. The van der Waals surface area contributed by atoms with Crippen LogP contribution in [0.5, 0.6) is 5.75 Å². The Kier molecular flexibility index (Phi) is 5.06. The monoisotopic (exact) mass is 471 g/mol. The van der Waals surface area contributed by atoms with E-state index in [9.17, 15) is 13.5 Å². The molecule has 5 aromatic rings. The lowest BCUT2D eigenvalue weighted by Gasteiger charge is -2.09. The highest BCUT2D eigenvalue weighted by molar-refractivity contribution is 7.92.